The van der Waals surface area contributed by atoms with Crippen molar-refractivity contribution in [3.05, 3.63) is 11.6 Å². The summed E-state index contributed by atoms with van der Waals surface area (Å²) >= 11 is 0. The minimum Gasteiger partial charge on any atom is -0.394 e. The Morgan fingerprint density at radius 2 is 1.50 bits per heavy atom. The molecule has 13 heteroatoms. The van der Waals surface area contributed by atoms with Crippen molar-refractivity contribution in [3.63, 3.8) is 0 Å². The second-order valence-electron chi connectivity index (χ2n) is 18.3. The van der Waals surface area contributed by atoms with E-state index >= 15 is 0 Å². The first-order chi connectivity index (χ1) is 24.7. The third-order valence-corrected chi connectivity index (χ3v) is 15.6. The smallest absolute Gasteiger partial charge is 0.187 e. The van der Waals surface area contributed by atoms with E-state index in [4.69, 9.17) is 28.4 Å². The van der Waals surface area contributed by atoms with E-state index in [9.17, 15) is 35.7 Å². The molecule has 4 aliphatic heterocycles. The molecule has 0 aromatic rings. The standard InChI is InChI=1S/C39H62O13/c1-18-7-12-39(47-17-18)19(2)28-25(52-39)14-24-22-6-5-20-13-21(8-10-37(20,3)23(22)9-11-38(24,28)4)48-35-33(46)31(44)34(27(16-41)50-35)51-36-32(45)30(43)29(42)26(15-40)49-36/h5,18-19,21-36,40-46H,6-17H2,1-4H3/t18-,19+,21+,22-,23+,24+,25+,26?,27?,28+,29-,30?,31?,32+,33+,34-,35-,36+,37+,38+,39-/m1/s1. The number of ether oxygens (including phenoxy) is 6. The molecule has 1 spiro atoms. The van der Waals surface area contributed by atoms with Gasteiger partial charge in [0.25, 0.3) is 0 Å². The molecule has 0 bridgehead atoms. The summed E-state index contributed by atoms with van der Waals surface area (Å²) in [5.74, 6) is 2.92. The van der Waals surface area contributed by atoms with Crippen LogP contribution < -0.4 is 0 Å². The van der Waals surface area contributed by atoms with E-state index in [0.29, 0.717) is 41.9 Å². The van der Waals surface area contributed by atoms with Crippen molar-refractivity contribution in [2.75, 3.05) is 19.8 Å². The number of hydrogen-bond donors (Lipinski definition) is 7. The number of fused-ring (bicyclic) bond motifs is 7. The second kappa shape index (κ2) is 14.0. The van der Waals surface area contributed by atoms with Crippen LogP contribution in [-0.2, 0) is 28.4 Å². The number of allylic oxidation sites excluding steroid dienone is 1. The lowest BCUT2D eigenvalue weighted by molar-refractivity contribution is -0.363. The fraction of sp³-hybridized carbons (Fsp3) is 0.949. The van der Waals surface area contributed by atoms with Crippen LogP contribution in [0, 0.1) is 46.3 Å². The van der Waals surface area contributed by atoms with E-state index in [-0.39, 0.29) is 23.0 Å². The SMILES string of the molecule is C[C@@H]1CC[C@@]2(OC1)O[C@H]1C[C@H]3[C@@H]4CC=C5C[C@@H](O[C@@H]6OC(CO)[C@@H](O[C@@H]7OC(CO)[C@@H](O)C(O)[C@@H]7O)C(O)[C@@H]6O)CC[C@]5(C)[C@H]4CC[C@]3(C)[C@H]1[C@@H]2C. The van der Waals surface area contributed by atoms with Crippen LogP contribution in [0.15, 0.2) is 11.6 Å². The van der Waals surface area contributed by atoms with Crippen molar-refractivity contribution >= 4 is 0 Å². The van der Waals surface area contributed by atoms with Crippen molar-refractivity contribution in [2.45, 2.75) is 165 Å². The first kappa shape index (κ1) is 38.1. The molecule has 0 aromatic carbocycles. The lowest BCUT2D eigenvalue weighted by Crippen LogP contribution is -2.65. The highest BCUT2D eigenvalue weighted by Gasteiger charge is 2.68. The molecule has 8 rings (SSSR count). The fourth-order valence-electron chi connectivity index (χ4n) is 12.6. The molecule has 0 amide bonds. The van der Waals surface area contributed by atoms with Gasteiger partial charge in [-0.15, -0.1) is 0 Å². The highest BCUT2D eigenvalue weighted by Crippen LogP contribution is 2.70. The maximum atomic E-state index is 11.1. The molecule has 3 saturated carbocycles. The van der Waals surface area contributed by atoms with Gasteiger partial charge in [0.05, 0.1) is 32.0 Å². The molecule has 52 heavy (non-hydrogen) atoms. The Balaban J connectivity index is 0.913. The summed E-state index contributed by atoms with van der Waals surface area (Å²) < 4.78 is 36.9. The molecule has 13 nitrogen and oxygen atoms in total. The van der Waals surface area contributed by atoms with Crippen LogP contribution in [0.5, 0.6) is 0 Å². The lowest BCUT2D eigenvalue weighted by atomic mass is 9.47. The monoisotopic (exact) mass is 738 g/mol. The van der Waals surface area contributed by atoms with Gasteiger partial charge in [0, 0.05) is 12.3 Å². The molecule has 4 unspecified atom stereocenters. The zero-order chi connectivity index (χ0) is 36.9. The Hall–Kier alpha value is -0.780. The number of hydrogen-bond acceptors (Lipinski definition) is 13. The summed E-state index contributed by atoms with van der Waals surface area (Å²) in [6, 6.07) is 0. The Morgan fingerprint density at radius 1 is 0.788 bits per heavy atom. The van der Waals surface area contributed by atoms with Crippen molar-refractivity contribution in [1.82, 2.24) is 0 Å². The van der Waals surface area contributed by atoms with E-state index in [1.807, 2.05) is 0 Å². The molecule has 7 fully saturated rings. The van der Waals surface area contributed by atoms with Gasteiger partial charge in [0.15, 0.2) is 18.4 Å². The van der Waals surface area contributed by atoms with Crippen molar-refractivity contribution in [1.29, 1.82) is 0 Å². The number of aliphatic hydroxyl groups is 7. The average molecular weight is 739 g/mol. The van der Waals surface area contributed by atoms with Gasteiger partial charge in [-0.3, -0.25) is 0 Å². The molecule has 4 aliphatic carbocycles. The predicted molar refractivity (Wildman–Crippen MR) is 183 cm³/mol. The summed E-state index contributed by atoms with van der Waals surface area (Å²) in [6.45, 7) is 9.20. The minimum atomic E-state index is -1.72. The van der Waals surface area contributed by atoms with Gasteiger partial charge in [0.2, 0.25) is 0 Å². The Kier molecular flexibility index (Phi) is 10.3. The molecule has 21 atom stereocenters. The summed E-state index contributed by atoms with van der Waals surface area (Å²) in [5.41, 5.74) is 1.70. The molecular weight excluding hydrogens is 676 g/mol. The highest BCUT2D eigenvalue weighted by atomic mass is 16.7. The van der Waals surface area contributed by atoms with Crippen LogP contribution in [0.25, 0.3) is 0 Å². The molecule has 7 N–H and O–H groups in total. The van der Waals surface area contributed by atoms with Crippen LogP contribution in [0.4, 0.5) is 0 Å². The zero-order valence-corrected chi connectivity index (χ0v) is 31.0. The summed E-state index contributed by atoms with van der Waals surface area (Å²) in [4.78, 5) is 0. The quantitative estimate of drug-likeness (QED) is 0.193. The predicted octanol–water partition coefficient (Wildman–Crippen LogP) is 1.36. The van der Waals surface area contributed by atoms with E-state index in [1.54, 1.807) is 0 Å². The van der Waals surface area contributed by atoms with Gasteiger partial charge in [-0.25, -0.2) is 0 Å². The first-order valence-electron chi connectivity index (χ1n) is 20.0. The van der Waals surface area contributed by atoms with E-state index in [2.05, 4.69) is 33.8 Å². The largest absolute Gasteiger partial charge is 0.394 e. The van der Waals surface area contributed by atoms with E-state index < -0.39 is 80.4 Å². The Bertz CT molecular complexity index is 1320. The Labute approximate surface area is 306 Å². The molecule has 0 aromatic heterocycles. The number of aliphatic hydroxyl groups excluding tert-OH is 7. The van der Waals surface area contributed by atoms with E-state index in [0.717, 1.165) is 38.7 Å². The maximum absolute atomic E-state index is 11.1. The number of rotatable bonds is 6. The third kappa shape index (κ3) is 5.90. The highest BCUT2D eigenvalue weighted by molar-refractivity contribution is 5.26. The van der Waals surface area contributed by atoms with Crippen LogP contribution in [0.3, 0.4) is 0 Å². The zero-order valence-electron chi connectivity index (χ0n) is 31.0. The topological polar surface area (TPSA) is 197 Å². The summed E-state index contributed by atoms with van der Waals surface area (Å²) in [7, 11) is 0. The van der Waals surface area contributed by atoms with Crippen LogP contribution in [0.2, 0.25) is 0 Å². The molecule has 8 aliphatic rings. The minimum absolute atomic E-state index is 0.0572. The van der Waals surface area contributed by atoms with Crippen LogP contribution in [0.1, 0.15) is 85.5 Å². The van der Waals surface area contributed by atoms with Crippen molar-refractivity contribution in [3.8, 4) is 0 Å². The van der Waals surface area contributed by atoms with Crippen LogP contribution >= 0.6 is 0 Å². The lowest BCUT2D eigenvalue weighted by Gasteiger charge is -2.58. The summed E-state index contributed by atoms with van der Waals surface area (Å²) in [6.07, 6.45) is -3.06. The molecule has 4 saturated heterocycles. The van der Waals surface area contributed by atoms with Crippen molar-refractivity contribution < 1.29 is 64.2 Å². The maximum Gasteiger partial charge on any atom is 0.187 e. The average Bonchev–Trinajstić information content (AvgIpc) is 3.58. The summed E-state index contributed by atoms with van der Waals surface area (Å²) in [5, 5.41) is 72.7. The molecule has 296 valence electrons. The van der Waals surface area contributed by atoms with Gasteiger partial charge >= 0.3 is 0 Å². The Morgan fingerprint density at radius 3 is 2.21 bits per heavy atom. The van der Waals surface area contributed by atoms with E-state index in [1.165, 1.54) is 24.8 Å². The fourth-order valence-corrected chi connectivity index (χ4v) is 12.6. The normalized spacial score (nSPS) is 57.5. The van der Waals surface area contributed by atoms with Gasteiger partial charge in [-0.2, -0.15) is 0 Å². The second-order valence-corrected chi connectivity index (χ2v) is 18.3. The molecular formula is C39H62O13. The molecule has 0 radical (unpaired) electrons. The van der Waals surface area contributed by atoms with Gasteiger partial charge < -0.3 is 64.2 Å². The van der Waals surface area contributed by atoms with Crippen LogP contribution in [-0.4, -0.2) is 135 Å². The van der Waals surface area contributed by atoms with Gasteiger partial charge in [-0.05, 0) is 91.8 Å². The van der Waals surface area contributed by atoms with Gasteiger partial charge in [0.1, 0.15) is 48.8 Å². The van der Waals surface area contributed by atoms with Gasteiger partial charge in [-0.1, -0.05) is 39.3 Å². The first-order valence-corrected chi connectivity index (χ1v) is 20.0. The van der Waals surface area contributed by atoms with Crippen molar-refractivity contribution in [2.24, 2.45) is 46.3 Å². The molecule has 4 heterocycles. The third-order valence-electron chi connectivity index (χ3n) is 15.6.